The lowest BCUT2D eigenvalue weighted by atomic mass is 10.1. The highest BCUT2D eigenvalue weighted by molar-refractivity contribution is 5.81. The SMILES string of the molecule is Cc1ccccc1C1NCC(=O)N1CC1CC1C. The molecule has 1 aromatic rings. The van der Waals surface area contributed by atoms with Crippen LogP contribution in [0.3, 0.4) is 0 Å². The van der Waals surface area contributed by atoms with E-state index in [2.05, 4.69) is 31.3 Å². The Labute approximate surface area is 108 Å². The Morgan fingerprint density at radius 1 is 1.39 bits per heavy atom. The fourth-order valence-corrected chi connectivity index (χ4v) is 2.82. The van der Waals surface area contributed by atoms with Crippen molar-refractivity contribution in [2.45, 2.75) is 26.4 Å². The molecule has 2 fully saturated rings. The summed E-state index contributed by atoms with van der Waals surface area (Å²) in [5, 5.41) is 3.34. The summed E-state index contributed by atoms with van der Waals surface area (Å²) in [4.78, 5) is 14.0. The third-order valence-corrected chi connectivity index (χ3v) is 4.27. The van der Waals surface area contributed by atoms with Crippen LogP contribution in [-0.4, -0.2) is 23.9 Å². The molecule has 1 aliphatic carbocycles. The Hall–Kier alpha value is -1.35. The Balaban J connectivity index is 1.82. The van der Waals surface area contributed by atoms with E-state index >= 15 is 0 Å². The molecular formula is C15H20N2O. The normalized spacial score (nSPS) is 30.9. The van der Waals surface area contributed by atoms with Gasteiger partial charge in [-0.3, -0.25) is 10.1 Å². The Kier molecular flexibility index (Phi) is 2.86. The molecule has 1 amide bonds. The molecule has 18 heavy (non-hydrogen) atoms. The zero-order valence-corrected chi connectivity index (χ0v) is 11.0. The number of carbonyl (C=O) groups is 1. The van der Waals surface area contributed by atoms with Crippen molar-refractivity contribution in [2.75, 3.05) is 13.1 Å². The fourth-order valence-electron chi connectivity index (χ4n) is 2.82. The monoisotopic (exact) mass is 244 g/mol. The largest absolute Gasteiger partial charge is 0.322 e. The Morgan fingerprint density at radius 2 is 2.11 bits per heavy atom. The minimum absolute atomic E-state index is 0.0755. The van der Waals surface area contributed by atoms with Gasteiger partial charge < -0.3 is 4.90 Å². The number of aryl methyl sites for hydroxylation is 1. The lowest BCUT2D eigenvalue weighted by Gasteiger charge is -2.26. The molecule has 0 spiro atoms. The summed E-state index contributed by atoms with van der Waals surface area (Å²) in [6.45, 7) is 5.76. The molecule has 3 nitrogen and oxygen atoms in total. The summed E-state index contributed by atoms with van der Waals surface area (Å²) in [5.41, 5.74) is 2.48. The number of rotatable bonds is 3. The molecule has 3 heteroatoms. The van der Waals surface area contributed by atoms with Crippen LogP contribution in [0.25, 0.3) is 0 Å². The zero-order valence-electron chi connectivity index (χ0n) is 11.0. The second kappa shape index (κ2) is 4.39. The molecule has 1 saturated carbocycles. The van der Waals surface area contributed by atoms with Gasteiger partial charge in [-0.1, -0.05) is 31.2 Å². The van der Waals surface area contributed by atoms with Crippen molar-refractivity contribution in [3.05, 3.63) is 35.4 Å². The van der Waals surface area contributed by atoms with Crippen LogP contribution in [0.15, 0.2) is 24.3 Å². The highest BCUT2D eigenvalue weighted by atomic mass is 16.2. The molecule has 0 radical (unpaired) electrons. The second-order valence-corrected chi connectivity index (χ2v) is 5.66. The van der Waals surface area contributed by atoms with Crippen molar-refractivity contribution in [3.63, 3.8) is 0 Å². The summed E-state index contributed by atoms with van der Waals surface area (Å²) >= 11 is 0. The first-order valence-electron chi connectivity index (χ1n) is 6.75. The molecule has 1 heterocycles. The van der Waals surface area contributed by atoms with E-state index in [-0.39, 0.29) is 12.1 Å². The van der Waals surface area contributed by atoms with E-state index in [1.54, 1.807) is 0 Å². The average Bonchev–Trinajstić information content (AvgIpc) is 2.93. The zero-order chi connectivity index (χ0) is 12.7. The van der Waals surface area contributed by atoms with Crippen LogP contribution in [0.5, 0.6) is 0 Å². The van der Waals surface area contributed by atoms with E-state index < -0.39 is 0 Å². The van der Waals surface area contributed by atoms with Gasteiger partial charge in [0.15, 0.2) is 0 Å². The quantitative estimate of drug-likeness (QED) is 0.883. The van der Waals surface area contributed by atoms with E-state index in [4.69, 9.17) is 0 Å². The smallest absolute Gasteiger partial charge is 0.238 e. The summed E-state index contributed by atoms with van der Waals surface area (Å²) in [6, 6.07) is 8.32. The second-order valence-electron chi connectivity index (χ2n) is 5.66. The van der Waals surface area contributed by atoms with Gasteiger partial charge in [0.05, 0.1) is 6.54 Å². The van der Waals surface area contributed by atoms with E-state index in [1.807, 2.05) is 17.0 Å². The van der Waals surface area contributed by atoms with E-state index in [0.717, 1.165) is 12.5 Å². The molecule has 3 unspecified atom stereocenters. The van der Waals surface area contributed by atoms with Crippen molar-refractivity contribution < 1.29 is 4.79 Å². The first-order valence-corrected chi connectivity index (χ1v) is 6.75. The van der Waals surface area contributed by atoms with Crippen LogP contribution in [0, 0.1) is 18.8 Å². The predicted molar refractivity (Wildman–Crippen MR) is 70.9 cm³/mol. The summed E-state index contributed by atoms with van der Waals surface area (Å²) in [7, 11) is 0. The summed E-state index contributed by atoms with van der Waals surface area (Å²) in [5.74, 6) is 1.73. The van der Waals surface area contributed by atoms with E-state index in [9.17, 15) is 4.79 Å². The van der Waals surface area contributed by atoms with Gasteiger partial charge in [0.25, 0.3) is 0 Å². The number of hydrogen-bond acceptors (Lipinski definition) is 2. The maximum absolute atomic E-state index is 12.0. The van der Waals surface area contributed by atoms with Gasteiger partial charge in [-0.25, -0.2) is 0 Å². The van der Waals surface area contributed by atoms with Gasteiger partial charge in [-0.2, -0.15) is 0 Å². The lowest BCUT2D eigenvalue weighted by molar-refractivity contribution is -0.128. The van der Waals surface area contributed by atoms with Crippen molar-refractivity contribution in [1.82, 2.24) is 10.2 Å². The van der Waals surface area contributed by atoms with Crippen molar-refractivity contribution in [2.24, 2.45) is 11.8 Å². The van der Waals surface area contributed by atoms with Crippen LogP contribution in [0.4, 0.5) is 0 Å². The fraction of sp³-hybridized carbons (Fsp3) is 0.533. The summed E-state index contributed by atoms with van der Waals surface area (Å²) < 4.78 is 0. The van der Waals surface area contributed by atoms with Crippen LogP contribution in [0.1, 0.15) is 30.6 Å². The van der Waals surface area contributed by atoms with Crippen LogP contribution in [0.2, 0.25) is 0 Å². The van der Waals surface area contributed by atoms with Gasteiger partial charge in [0, 0.05) is 6.54 Å². The van der Waals surface area contributed by atoms with Gasteiger partial charge in [0.1, 0.15) is 6.17 Å². The van der Waals surface area contributed by atoms with Crippen LogP contribution in [-0.2, 0) is 4.79 Å². The van der Waals surface area contributed by atoms with Crippen molar-refractivity contribution in [1.29, 1.82) is 0 Å². The highest BCUT2D eigenvalue weighted by Gasteiger charge is 2.40. The maximum Gasteiger partial charge on any atom is 0.238 e. The highest BCUT2D eigenvalue weighted by Crippen LogP contribution is 2.40. The molecule has 1 aromatic carbocycles. The third kappa shape index (κ3) is 2.03. The first-order chi connectivity index (χ1) is 8.66. The van der Waals surface area contributed by atoms with E-state index in [1.165, 1.54) is 17.5 Å². The van der Waals surface area contributed by atoms with E-state index in [0.29, 0.717) is 12.5 Å². The molecule has 3 rings (SSSR count). The minimum atomic E-state index is 0.0755. The third-order valence-electron chi connectivity index (χ3n) is 4.27. The number of nitrogens with zero attached hydrogens (tertiary/aromatic N) is 1. The number of benzene rings is 1. The van der Waals surface area contributed by atoms with Crippen LogP contribution >= 0.6 is 0 Å². The van der Waals surface area contributed by atoms with Gasteiger partial charge in [-0.15, -0.1) is 0 Å². The number of amides is 1. The molecule has 0 bridgehead atoms. The standard InChI is InChI=1S/C15H20N2O/c1-10-5-3-4-6-13(10)15-16-8-14(18)17(15)9-12-7-11(12)2/h3-6,11-12,15-16H,7-9H2,1-2H3. The van der Waals surface area contributed by atoms with Gasteiger partial charge in [0.2, 0.25) is 5.91 Å². The maximum atomic E-state index is 12.0. The Bertz CT molecular complexity index is 471. The molecule has 96 valence electrons. The molecular weight excluding hydrogens is 224 g/mol. The minimum Gasteiger partial charge on any atom is -0.322 e. The predicted octanol–water partition coefficient (Wildman–Crippen LogP) is 2.08. The van der Waals surface area contributed by atoms with Crippen LogP contribution < -0.4 is 5.32 Å². The van der Waals surface area contributed by atoms with Crippen molar-refractivity contribution in [3.8, 4) is 0 Å². The average molecular weight is 244 g/mol. The molecule has 1 N–H and O–H groups in total. The number of hydrogen-bond donors (Lipinski definition) is 1. The lowest BCUT2D eigenvalue weighted by Crippen LogP contribution is -2.32. The molecule has 1 aliphatic heterocycles. The first kappa shape index (κ1) is 11.7. The summed E-state index contributed by atoms with van der Waals surface area (Å²) in [6.07, 6.45) is 1.34. The topological polar surface area (TPSA) is 32.3 Å². The Morgan fingerprint density at radius 3 is 2.78 bits per heavy atom. The molecule has 2 aliphatic rings. The van der Waals surface area contributed by atoms with Crippen molar-refractivity contribution >= 4 is 5.91 Å². The van der Waals surface area contributed by atoms with Gasteiger partial charge in [-0.05, 0) is 36.3 Å². The molecule has 3 atom stereocenters. The molecule has 0 aromatic heterocycles. The van der Waals surface area contributed by atoms with Gasteiger partial charge >= 0.3 is 0 Å². The molecule has 1 saturated heterocycles. The number of carbonyl (C=O) groups excluding carboxylic acids is 1. The number of nitrogens with one attached hydrogen (secondary N) is 1.